The number of likely N-dealkylation sites (tertiary alicyclic amines) is 1. The first-order chi connectivity index (χ1) is 8.91. The number of carboxylic acids is 1. The van der Waals surface area contributed by atoms with E-state index in [1.165, 1.54) is 0 Å². The molecule has 0 spiro atoms. The molecule has 1 fully saturated rings. The molecule has 4 nitrogen and oxygen atoms in total. The summed E-state index contributed by atoms with van der Waals surface area (Å²) in [6.45, 7) is 4.40. The molecule has 0 bridgehead atoms. The maximum absolute atomic E-state index is 12.4. The minimum Gasteiger partial charge on any atom is -0.481 e. The zero-order valence-corrected chi connectivity index (χ0v) is 11.6. The highest BCUT2D eigenvalue weighted by molar-refractivity contribution is 6.34. The average Bonchev–Trinajstić information content (AvgIpc) is 2.74. The predicted octanol–water partition coefficient (Wildman–Crippen LogP) is 2.44. The first-order valence-electron chi connectivity index (χ1n) is 6.19. The van der Waals surface area contributed by atoms with Crippen LogP contribution in [0.4, 0.5) is 0 Å². The highest BCUT2D eigenvalue weighted by Gasteiger charge is 2.37. The number of aryl methyl sites for hydroxylation is 1. The summed E-state index contributed by atoms with van der Waals surface area (Å²) in [7, 11) is 0. The number of benzene rings is 1. The Morgan fingerprint density at radius 1 is 1.37 bits per heavy atom. The largest absolute Gasteiger partial charge is 0.481 e. The van der Waals surface area contributed by atoms with Crippen molar-refractivity contribution < 1.29 is 14.7 Å². The number of amides is 1. The van der Waals surface area contributed by atoms with E-state index in [0.29, 0.717) is 17.1 Å². The van der Waals surface area contributed by atoms with Gasteiger partial charge in [0.2, 0.25) is 0 Å². The van der Waals surface area contributed by atoms with E-state index in [2.05, 4.69) is 0 Å². The molecule has 0 aromatic heterocycles. The van der Waals surface area contributed by atoms with E-state index in [1.807, 2.05) is 19.9 Å². The number of hydrogen-bond acceptors (Lipinski definition) is 2. The third-order valence-electron chi connectivity index (χ3n) is 3.64. The fourth-order valence-electron chi connectivity index (χ4n) is 2.44. The lowest BCUT2D eigenvalue weighted by molar-refractivity contribution is -0.142. The van der Waals surface area contributed by atoms with Crippen LogP contribution in [0.1, 0.15) is 22.8 Å². The summed E-state index contributed by atoms with van der Waals surface area (Å²) in [5.41, 5.74) is 1.29. The van der Waals surface area contributed by atoms with Crippen LogP contribution in [-0.4, -0.2) is 35.0 Å². The molecule has 0 radical (unpaired) electrons. The number of aliphatic carboxylic acids is 1. The van der Waals surface area contributed by atoms with Crippen LogP contribution in [-0.2, 0) is 4.79 Å². The van der Waals surface area contributed by atoms with Crippen molar-refractivity contribution in [1.29, 1.82) is 0 Å². The van der Waals surface area contributed by atoms with Crippen molar-refractivity contribution in [2.75, 3.05) is 13.1 Å². The summed E-state index contributed by atoms with van der Waals surface area (Å²) in [6, 6.07) is 5.30. The molecular formula is C14H16ClNO3. The second-order valence-electron chi connectivity index (χ2n) is 5.07. The summed E-state index contributed by atoms with van der Waals surface area (Å²) in [6.07, 6.45) is 0. The van der Waals surface area contributed by atoms with Crippen LogP contribution in [0.3, 0.4) is 0 Å². The summed E-state index contributed by atoms with van der Waals surface area (Å²) in [5.74, 6) is -1.57. The lowest BCUT2D eigenvalue weighted by Gasteiger charge is -2.17. The Morgan fingerprint density at radius 3 is 2.63 bits per heavy atom. The van der Waals surface area contributed by atoms with Crippen molar-refractivity contribution in [1.82, 2.24) is 4.90 Å². The van der Waals surface area contributed by atoms with Gasteiger partial charge in [0.1, 0.15) is 0 Å². The zero-order chi connectivity index (χ0) is 14.2. The zero-order valence-electron chi connectivity index (χ0n) is 10.9. The molecule has 1 aromatic carbocycles. The van der Waals surface area contributed by atoms with Crippen LogP contribution < -0.4 is 0 Å². The van der Waals surface area contributed by atoms with E-state index in [0.717, 1.165) is 5.56 Å². The second kappa shape index (κ2) is 5.21. The van der Waals surface area contributed by atoms with Gasteiger partial charge in [0.15, 0.2) is 0 Å². The molecule has 2 atom stereocenters. The molecule has 19 heavy (non-hydrogen) atoms. The maximum Gasteiger partial charge on any atom is 0.308 e. The van der Waals surface area contributed by atoms with Gasteiger partial charge in [0, 0.05) is 13.1 Å². The molecule has 1 heterocycles. The fourth-order valence-corrected chi connectivity index (χ4v) is 2.64. The third-order valence-corrected chi connectivity index (χ3v) is 4.14. The van der Waals surface area contributed by atoms with Crippen LogP contribution in [0, 0.1) is 18.8 Å². The van der Waals surface area contributed by atoms with Crippen LogP contribution in [0.5, 0.6) is 0 Å². The molecule has 0 unspecified atom stereocenters. The molecule has 0 aliphatic carbocycles. The van der Waals surface area contributed by atoms with E-state index in [1.54, 1.807) is 17.0 Å². The summed E-state index contributed by atoms with van der Waals surface area (Å²) in [5, 5.41) is 9.53. The Balaban J connectivity index is 2.22. The average molecular weight is 282 g/mol. The normalized spacial score (nSPS) is 22.6. The molecule has 2 rings (SSSR count). The number of halogens is 1. The van der Waals surface area contributed by atoms with Gasteiger partial charge < -0.3 is 10.0 Å². The maximum atomic E-state index is 12.4. The lowest BCUT2D eigenvalue weighted by atomic mass is 9.99. The van der Waals surface area contributed by atoms with E-state index >= 15 is 0 Å². The lowest BCUT2D eigenvalue weighted by Crippen LogP contribution is -2.30. The third kappa shape index (κ3) is 2.59. The molecule has 1 amide bonds. The second-order valence-corrected chi connectivity index (χ2v) is 5.45. The number of carbonyl (C=O) groups excluding carboxylic acids is 1. The fraction of sp³-hybridized carbons (Fsp3) is 0.429. The van der Waals surface area contributed by atoms with E-state index in [4.69, 9.17) is 16.7 Å². The number of carbonyl (C=O) groups is 2. The van der Waals surface area contributed by atoms with Crippen LogP contribution in [0.25, 0.3) is 0 Å². The van der Waals surface area contributed by atoms with Gasteiger partial charge in [-0.2, -0.15) is 0 Å². The number of nitrogens with zero attached hydrogens (tertiary/aromatic N) is 1. The van der Waals surface area contributed by atoms with Crippen molar-refractivity contribution in [3.63, 3.8) is 0 Å². The molecule has 102 valence electrons. The number of carboxylic acid groups (broad SMARTS) is 1. The van der Waals surface area contributed by atoms with E-state index < -0.39 is 11.9 Å². The quantitative estimate of drug-likeness (QED) is 0.906. The molecule has 1 aliphatic rings. The molecule has 1 aliphatic heterocycles. The van der Waals surface area contributed by atoms with Gasteiger partial charge in [-0.25, -0.2) is 0 Å². The predicted molar refractivity (Wildman–Crippen MR) is 72.4 cm³/mol. The number of hydrogen-bond donors (Lipinski definition) is 1. The molecule has 0 saturated carbocycles. The Morgan fingerprint density at radius 2 is 2.05 bits per heavy atom. The van der Waals surface area contributed by atoms with Gasteiger partial charge >= 0.3 is 5.97 Å². The van der Waals surface area contributed by atoms with E-state index in [9.17, 15) is 9.59 Å². The minimum absolute atomic E-state index is 0.0370. The van der Waals surface area contributed by atoms with Crippen molar-refractivity contribution >= 4 is 23.5 Å². The van der Waals surface area contributed by atoms with Crippen molar-refractivity contribution in [2.24, 2.45) is 11.8 Å². The Hall–Kier alpha value is -1.55. The van der Waals surface area contributed by atoms with E-state index in [-0.39, 0.29) is 18.4 Å². The summed E-state index contributed by atoms with van der Waals surface area (Å²) < 4.78 is 0. The summed E-state index contributed by atoms with van der Waals surface area (Å²) in [4.78, 5) is 25.0. The van der Waals surface area contributed by atoms with Crippen molar-refractivity contribution in [2.45, 2.75) is 13.8 Å². The summed E-state index contributed by atoms with van der Waals surface area (Å²) >= 11 is 6.14. The SMILES string of the molecule is Cc1cccc(C(=O)N2C[C@@H](C)[C@H](C(=O)O)C2)c1Cl. The Kier molecular flexibility index (Phi) is 3.80. The number of rotatable bonds is 2. The van der Waals surface area contributed by atoms with Crippen LogP contribution in [0.15, 0.2) is 18.2 Å². The van der Waals surface area contributed by atoms with Gasteiger partial charge in [-0.05, 0) is 24.5 Å². The van der Waals surface area contributed by atoms with Gasteiger partial charge in [0.25, 0.3) is 5.91 Å². The standard InChI is InChI=1S/C14H16ClNO3/c1-8-4-3-5-10(12(8)15)13(17)16-6-9(2)11(7-16)14(18)19/h3-5,9,11H,6-7H2,1-2H3,(H,18,19)/t9-,11-/m1/s1. The van der Waals surface area contributed by atoms with Crippen LogP contribution >= 0.6 is 11.6 Å². The van der Waals surface area contributed by atoms with Gasteiger partial charge in [-0.3, -0.25) is 9.59 Å². The highest BCUT2D eigenvalue weighted by atomic mass is 35.5. The Labute approximate surface area is 117 Å². The topological polar surface area (TPSA) is 57.6 Å². The van der Waals surface area contributed by atoms with Gasteiger partial charge in [0.05, 0.1) is 16.5 Å². The Bertz CT molecular complexity index is 529. The molecular weight excluding hydrogens is 266 g/mol. The molecule has 1 N–H and O–H groups in total. The molecule has 1 saturated heterocycles. The molecule has 1 aromatic rings. The highest BCUT2D eigenvalue weighted by Crippen LogP contribution is 2.27. The van der Waals surface area contributed by atoms with Crippen LogP contribution in [0.2, 0.25) is 5.02 Å². The minimum atomic E-state index is -0.849. The van der Waals surface area contributed by atoms with Crippen molar-refractivity contribution in [3.05, 3.63) is 34.3 Å². The van der Waals surface area contributed by atoms with Crippen molar-refractivity contribution in [3.8, 4) is 0 Å². The van der Waals surface area contributed by atoms with Gasteiger partial charge in [-0.1, -0.05) is 30.7 Å². The smallest absolute Gasteiger partial charge is 0.308 e. The first-order valence-corrected chi connectivity index (χ1v) is 6.56. The van der Waals surface area contributed by atoms with Gasteiger partial charge in [-0.15, -0.1) is 0 Å². The molecule has 5 heteroatoms. The monoisotopic (exact) mass is 281 g/mol. The first kappa shape index (κ1) is 13.9.